The number of ketones is 1. The molecule has 0 aliphatic heterocycles. The van der Waals surface area contributed by atoms with E-state index >= 15 is 0 Å². The standard InChI is InChI=1S/C57H60N2O5/c1-37(35-49(52(61)63-54(3,4)5)58-56(39-23-11-9-12-24-39)45-31-19-15-27-41(45)42-28-16-20-32-46(42)56)51(60)38(2)36-50(53(62)64-55(6,7)8)59-57(40-25-13-10-14-26-40)47-33-21-17-29-43(47)44-30-18-22-34-48(44)57/h9-34,37-38,49-50,58-59H,35-36H2,1-8H3/t37-,38+,49-,50-/m0/s1. The lowest BCUT2D eigenvalue weighted by atomic mass is 9.78. The topological polar surface area (TPSA) is 93.7 Å². The van der Waals surface area contributed by atoms with Gasteiger partial charge in [-0.3, -0.25) is 25.0 Å². The third kappa shape index (κ3) is 8.35. The number of carbonyl (C=O) groups is 3. The third-order valence-corrected chi connectivity index (χ3v) is 12.6. The van der Waals surface area contributed by atoms with Crippen molar-refractivity contribution in [2.75, 3.05) is 0 Å². The summed E-state index contributed by atoms with van der Waals surface area (Å²) in [6, 6.07) is 51.8. The van der Waals surface area contributed by atoms with Gasteiger partial charge in [-0.2, -0.15) is 0 Å². The molecule has 2 aliphatic rings. The van der Waals surface area contributed by atoms with Crippen molar-refractivity contribution in [3.05, 3.63) is 191 Å². The van der Waals surface area contributed by atoms with Crippen LogP contribution < -0.4 is 10.6 Å². The molecule has 328 valence electrons. The smallest absolute Gasteiger partial charge is 0.323 e. The largest absolute Gasteiger partial charge is 0.459 e. The summed E-state index contributed by atoms with van der Waals surface area (Å²) in [6.45, 7) is 14.9. The molecule has 0 heterocycles. The molecular formula is C57H60N2O5. The summed E-state index contributed by atoms with van der Waals surface area (Å²) in [4.78, 5) is 44.1. The predicted molar refractivity (Wildman–Crippen MR) is 255 cm³/mol. The number of hydrogen-bond acceptors (Lipinski definition) is 7. The lowest BCUT2D eigenvalue weighted by Gasteiger charge is -2.39. The Labute approximate surface area is 378 Å². The van der Waals surface area contributed by atoms with E-state index in [1.807, 2.05) is 140 Å². The highest BCUT2D eigenvalue weighted by atomic mass is 16.6. The monoisotopic (exact) mass is 852 g/mol. The number of rotatable bonds is 14. The number of Topliss-reactive ketones (excluding diaryl/α,β-unsaturated/α-hetero) is 1. The van der Waals surface area contributed by atoms with E-state index in [-0.39, 0.29) is 18.6 Å². The van der Waals surface area contributed by atoms with Crippen LogP contribution in [0.3, 0.4) is 0 Å². The van der Waals surface area contributed by atoms with Crippen molar-refractivity contribution in [2.45, 2.75) is 103 Å². The van der Waals surface area contributed by atoms with E-state index in [1.54, 1.807) is 0 Å². The molecule has 7 nitrogen and oxygen atoms in total. The van der Waals surface area contributed by atoms with E-state index in [0.717, 1.165) is 55.6 Å². The maximum absolute atomic E-state index is 14.9. The maximum atomic E-state index is 14.9. The van der Waals surface area contributed by atoms with Crippen LogP contribution in [-0.4, -0.2) is 41.0 Å². The molecule has 0 aromatic heterocycles. The predicted octanol–water partition coefficient (Wildman–Crippen LogP) is 11.2. The molecule has 0 spiro atoms. The van der Waals surface area contributed by atoms with Crippen molar-refractivity contribution in [1.82, 2.24) is 10.6 Å². The van der Waals surface area contributed by atoms with Crippen LogP contribution in [0.5, 0.6) is 0 Å². The molecule has 0 fully saturated rings. The molecule has 2 aliphatic carbocycles. The van der Waals surface area contributed by atoms with Gasteiger partial charge in [-0.15, -0.1) is 0 Å². The summed E-state index contributed by atoms with van der Waals surface area (Å²) in [6.07, 6.45) is 0.326. The molecular weight excluding hydrogens is 793 g/mol. The van der Waals surface area contributed by atoms with Gasteiger partial charge >= 0.3 is 11.9 Å². The van der Waals surface area contributed by atoms with E-state index < -0.39 is 58.1 Å². The fourth-order valence-corrected chi connectivity index (χ4v) is 10.1. The van der Waals surface area contributed by atoms with Crippen LogP contribution in [0.1, 0.15) is 102 Å². The Hall–Kier alpha value is -6.15. The van der Waals surface area contributed by atoms with Crippen molar-refractivity contribution in [2.24, 2.45) is 11.8 Å². The summed E-state index contributed by atoms with van der Waals surface area (Å²) < 4.78 is 12.3. The maximum Gasteiger partial charge on any atom is 0.323 e. The number of esters is 2. The van der Waals surface area contributed by atoms with E-state index in [4.69, 9.17) is 9.47 Å². The quantitative estimate of drug-likeness (QED) is 0.105. The number of hydrogen-bond donors (Lipinski definition) is 2. The van der Waals surface area contributed by atoms with Gasteiger partial charge in [0.15, 0.2) is 0 Å². The van der Waals surface area contributed by atoms with Crippen LogP contribution in [0.4, 0.5) is 0 Å². The zero-order chi connectivity index (χ0) is 45.4. The normalized spacial score (nSPS) is 16.2. The first-order valence-electron chi connectivity index (χ1n) is 22.6. The lowest BCUT2D eigenvalue weighted by Crippen LogP contribution is -2.54. The van der Waals surface area contributed by atoms with Crippen molar-refractivity contribution < 1.29 is 23.9 Å². The molecule has 0 radical (unpaired) electrons. The molecule has 0 amide bonds. The molecule has 6 aromatic carbocycles. The van der Waals surface area contributed by atoms with E-state index in [2.05, 4.69) is 83.4 Å². The van der Waals surface area contributed by atoms with Gasteiger partial charge in [-0.25, -0.2) is 0 Å². The molecule has 0 saturated heterocycles. The summed E-state index contributed by atoms with van der Waals surface area (Å²) in [5.41, 5.74) is 6.97. The van der Waals surface area contributed by atoms with Gasteiger partial charge in [0.2, 0.25) is 0 Å². The molecule has 64 heavy (non-hydrogen) atoms. The van der Waals surface area contributed by atoms with Crippen LogP contribution in [0.25, 0.3) is 22.3 Å². The first-order valence-corrected chi connectivity index (χ1v) is 22.6. The molecule has 0 unspecified atom stereocenters. The first-order chi connectivity index (χ1) is 30.5. The minimum absolute atomic E-state index is 0.0623. The van der Waals surface area contributed by atoms with Crippen LogP contribution in [-0.2, 0) is 34.9 Å². The third-order valence-electron chi connectivity index (χ3n) is 12.6. The second-order valence-corrected chi connectivity index (χ2v) is 19.6. The first kappa shape index (κ1) is 44.5. The minimum Gasteiger partial charge on any atom is -0.459 e. The SMILES string of the molecule is C[C@H](C[C@H](NC1(c2ccccc2)c2ccccc2-c2ccccc21)C(=O)OC(C)(C)C)C(=O)[C@@H](C)C[C@H](NC1(c2ccccc2)c2ccccc2-c2ccccc21)C(=O)OC(C)(C)C. The van der Waals surface area contributed by atoms with Gasteiger partial charge in [0, 0.05) is 11.8 Å². The fourth-order valence-electron chi connectivity index (χ4n) is 10.1. The summed E-state index contributed by atoms with van der Waals surface area (Å²) >= 11 is 0. The number of fused-ring (bicyclic) bond motifs is 6. The summed E-state index contributed by atoms with van der Waals surface area (Å²) in [7, 11) is 0. The molecule has 0 saturated carbocycles. The highest BCUT2D eigenvalue weighted by Gasteiger charge is 2.49. The second kappa shape index (κ2) is 17.4. The Kier molecular flexibility index (Phi) is 12.1. The van der Waals surface area contributed by atoms with E-state index in [9.17, 15) is 14.4 Å². The van der Waals surface area contributed by atoms with Crippen molar-refractivity contribution in [3.8, 4) is 22.3 Å². The van der Waals surface area contributed by atoms with Crippen molar-refractivity contribution in [1.29, 1.82) is 0 Å². The van der Waals surface area contributed by atoms with Crippen LogP contribution >= 0.6 is 0 Å². The summed E-state index contributed by atoms with van der Waals surface area (Å²) in [5.74, 6) is -2.14. The van der Waals surface area contributed by atoms with E-state index in [0.29, 0.717) is 0 Å². The molecule has 8 rings (SSSR count). The zero-order valence-corrected chi connectivity index (χ0v) is 38.3. The molecule has 7 heteroatoms. The number of benzene rings is 6. The Morgan fingerprint density at radius 2 is 0.703 bits per heavy atom. The van der Waals surface area contributed by atoms with Gasteiger partial charge < -0.3 is 9.47 Å². The molecule has 6 aromatic rings. The molecule has 2 N–H and O–H groups in total. The van der Waals surface area contributed by atoms with Gasteiger partial charge in [0.25, 0.3) is 0 Å². The van der Waals surface area contributed by atoms with Gasteiger partial charge in [-0.05, 0) is 110 Å². The number of carbonyl (C=O) groups excluding carboxylic acids is 3. The van der Waals surface area contributed by atoms with E-state index in [1.165, 1.54) is 0 Å². The number of ether oxygens (including phenoxy) is 2. The Balaban J connectivity index is 1.15. The average molecular weight is 853 g/mol. The molecule has 0 bridgehead atoms. The Morgan fingerprint density at radius 1 is 0.438 bits per heavy atom. The number of nitrogens with one attached hydrogen (secondary N) is 2. The molecule has 4 atom stereocenters. The van der Waals surface area contributed by atoms with Crippen LogP contribution in [0.15, 0.2) is 158 Å². The van der Waals surface area contributed by atoms with Crippen LogP contribution in [0.2, 0.25) is 0 Å². The lowest BCUT2D eigenvalue weighted by molar-refractivity contribution is -0.159. The minimum atomic E-state index is -0.921. The average Bonchev–Trinajstić information content (AvgIpc) is 3.73. The second-order valence-electron chi connectivity index (χ2n) is 19.6. The Morgan fingerprint density at radius 3 is 0.984 bits per heavy atom. The zero-order valence-electron chi connectivity index (χ0n) is 38.3. The highest BCUT2D eigenvalue weighted by Crippen LogP contribution is 2.53. The van der Waals surface area contributed by atoms with Gasteiger partial charge in [0.05, 0.1) is 11.1 Å². The van der Waals surface area contributed by atoms with Crippen molar-refractivity contribution in [3.63, 3.8) is 0 Å². The van der Waals surface area contributed by atoms with Gasteiger partial charge in [0.1, 0.15) is 29.1 Å². The summed E-state index contributed by atoms with van der Waals surface area (Å²) in [5, 5.41) is 7.73. The van der Waals surface area contributed by atoms with Gasteiger partial charge in [-0.1, -0.05) is 172 Å². The Bertz CT molecular complexity index is 2390. The fraction of sp³-hybridized carbons (Fsp3) is 0.316. The van der Waals surface area contributed by atoms with Crippen molar-refractivity contribution >= 4 is 17.7 Å². The van der Waals surface area contributed by atoms with Crippen LogP contribution in [0, 0.1) is 11.8 Å². The highest BCUT2D eigenvalue weighted by molar-refractivity contribution is 5.88.